The van der Waals surface area contributed by atoms with Crippen molar-refractivity contribution < 1.29 is 19.5 Å². The molecule has 1 heterocycles. The molecule has 2 aliphatic carbocycles. The first-order valence-corrected chi connectivity index (χ1v) is 10.1. The number of allylic oxidation sites excluding steroid dienone is 2. The number of unbranched alkanes of at least 4 members (excludes halogenated alkanes) is 2. The summed E-state index contributed by atoms with van der Waals surface area (Å²) < 4.78 is -1.93. The smallest absolute Gasteiger partial charge is 0.303 e. The average molecular weight is 484 g/mol. The maximum atomic E-state index is 12.9. The molecule has 0 aromatic carbocycles. The Balaban J connectivity index is 1.83. The molecule has 1 aliphatic heterocycles. The van der Waals surface area contributed by atoms with Gasteiger partial charge in [-0.05, 0) is 12.8 Å². The fourth-order valence-electron chi connectivity index (χ4n) is 4.00. The molecule has 1 N–H and O–H groups in total. The molecule has 0 radical (unpaired) electrons. The molecule has 1 saturated carbocycles. The number of hydrogen-bond donors (Lipinski definition) is 1. The number of halogens is 6. The van der Waals surface area contributed by atoms with E-state index in [2.05, 4.69) is 0 Å². The van der Waals surface area contributed by atoms with E-state index in [9.17, 15) is 14.4 Å². The molecule has 2 amide bonds. The van der Waals surface area contributed by atoms with Crippen LogP contribution in [0.5, 0.6) is 0 Å². The van der Waals surface area contributed by atoms with Crippen LogP contribution in [0.25, 0.3) is 0 Å². The number of imide groups is 1. The van der Waals surface area contributed by atoms with Gasteiger partial charge in [-0.1, -0.05) is 52.8 Å². The Morgan fingerprint density at radius 2 is 1.38 bits per heavy atom. The van der Waals surface area contributed by atoms with Gasteiger partial charge in [0.1, 0.15) is 9.75 Å². The van der Waals surface area contributed by atoms with E-state index >= 15 is 0 Å². The van der Waals surface area contributed by atoms with Gasteiger partial charge in [-0.15, -0.1) is 23.2 Å². The Morgan fingerprint density at radius 3 is 1.81 bits per heavy atom. The number of likely N-dealkylation sites (tertiary alicyclic amines) is 1. The minimum absolute atomic E-state index is 0.0267. The highest BCUT2D eigenvalue weighted by molar-refractivity contribution is 6.66. The second-order valence-corrected chi connectivity index (χ2v) is 9.89. The maximum absolute atomic E-state index is 12.9. The van der Waals surface area contributed by atoms with E-state index in [1.807, 2.05) is 0 Å². The number of aliphatic carboxylic acids is 1. The summed E-state index contributed by atoms with van der Waals surface area (Å²) in [6.07, 6.45) is 1.48. The van der Waals surface area contributed by atoms with E-state index in [1.54, 1.807) is 0 Å². The highest BCUT2D eigenvalue weighted by Gasteiger charge is 2.87. The van der Waals surface area contributed by atoms with E-state index in [-0.39, 0.29) is 23.0 Å². The van der Waals surface area contributed by atoms with Gasteiger partial charge >= 0.3 is 5.97 Å². The summed E-state index contributed by atoms with van der Waals surface area (Å²) in [5, 5.41) is 8.40. The van der Waals surface area contributed by atoms with E-state index < -0.39 is 43.7 Å². The van der Waals surface area contributed by atoms with Crippen LogP contribution in [0.4, 0.5) is 0 Å². The van der Waals surface area contributed by atoms with Crippen molar-refractivity contribution >= 4 is 87.4 Å². The minimum atomic E-state index is -1.93. The molecule has 3 rings (SSSR count). The first-order valence-electron chi connectivity index (χ1n) is 7.82. The van der Waals surface area contributed by atoms with Crippen LogP contribution in [-0.4, -0.2) is 48.4 Å². The molecule has 3 aliphatic rings. The predicted octanol–water partition coefficient (Wildman–Crippen LogP) is 4.08. The Morgan fingerprint density at radius 1 is 0.923 bits per heavy atom. The van der Waals surface area contributed by atoms with Crippen molar-refractivity contribution in [1.29, 1.82) is 0 Å². The molecule has 4 atom stereocenters. The van der Waals surface area contributed by atoms with Crippen LogP contribution < -0.4 is 0 Å². The summed E-state index contributed by atoms with van der Waals surface area (Å²) in [5.74, 6) is -4.22. The maximum Gasteiger partial charge on any atom is 0.303 e. The topological polar surface area (TPSA) is 74.7 Å². The molecule has 0 spiro atoms. The van der Waals surface area contributed by atoms with E-state index in [1.165, 1.54) is 0 Å². The molecule has 5 nitrogen and oxygen atoms in total. The molecule has 0 aromatic heterocycles. The number of carboxylic acids is 1. The zero-order valence-electron chi connectivity index (χ0n) is 13.1. The molecule has 2 bridgehead atoms. The number of amides is 2. The molecular formula is C15H13Cl6NO4. The lowest BCUT2D eigenvalue weighted by Crippen LogP contribution is -2.50. The van der Waals surface area contributed by atoms with Crippen molar-refractivity contribution in [2.75, 3.05) is 6.54 Å². The van der Waals surface area contributed by atoms with Crippen molar-refractivity contribution in [3.8, 4) is 0 Å². The van der Waals surface area contributed by atoms with Crippen LogP contribution in [-0.2, 0) is 14.4 Å². The lowest BCUT2D eigenvalue weighted by molar-refractivity contribution is -0.141. The van der Waals surface area contributed by atoms with Crippen molar-refractivity contribution in [2.24, 2.45) is 11.8 Å². The monoisotopic (exact) mass is 481 g/mol. The summed E-state index contributed by atoms with van der Waals surface area (Å²) in [4.78, 5) is 33.8. The lowest BCUT2D eigenvalue weighted by Gasteiger charge is -2.34. The molecule has 11 heteroatoms. The van der Waals surface area contributed by atoms with Crippen molar-refractivity contribution in [3.63, 3.8) is 0 Å². The summed E-state index contributed by atoms with van der Waals surface area (Å²) in [6, 6.07) is 0. The zero-order chi connectivity index (χ0) is 19.7. The van der Waals surface area contributed by atoms with Crippen molar-refractivity contribution in [3.05, 3.63) is 10.1 Å². The van der Waals surface area contributed by atoms with Crippen LogP contribution in [0.2, 0.25) is 0 Å². The van der Waals surface area contributed by atoms with Gasteiger partial charge in [0, 0.05) is 13.0 Å². The highest BCUT2D eigenvalue weighted by atomic mass is 35.5. The number of carboxylic acid groups (broad SMARTS) is 1. The molecule has 1 saturated heterocycles. The Kier molecular flexibility index (Phi) is 5.26. The van der Waals surface area contributed by atoms with Gasteiger partial charge in [0.2, 0.25) is 11.8 Å². The predicted molar refractivity (Wildman–Crippen MR) is 100 cm³/mol. The average Bonchev–Trinajstić information content (AvgIpc) is 2.93. The van der Waals surface area contributed by atoms with Gasteiger partial charge in [0.25, 0.3) is 0 Å². The first-order chi connectivity index (χ1) is 11.9. The summed E-state index contributed by atoms with van der Waals surface area (Å²) in [7, 11) is 0. The van der Waals surface area contributed by atoms with E-state index in [4.69, 9.17) is 74.7 Å². The highest BCUT2D eigenvalue weighted by Crippen LogP contribution is 2.77. The van der Waals surface area contributed by atoms with Gasteiger partial charge in [-0.2, -0.15) is 0 Å². The lowest BCUT2D eigenvalue weighted by atomic mass is 9.84. The number of nitrogens with zero attached hydrogens (tertiary/aromatic N) is 1. The molecule has 0 unspecified atom stereocenters. The number of fused-ring (bicyclic) bond motifs is 5. The van der Waals surface area contributed by atoms with Gasteiger partial charge in [-0.3, -0.25) is 19.3 Å². The zero-order valence-corrected chi connectivity index (χ0v) is 17.6. The third-order valence-corrected chi connectivity index (χ3v) is 9.53. The third kappa shape index (κ3) is 2.34. The number of carbonyl (C=O) groups is 3. The molecule has 26 heavy (non-hydrogen) atoms. The summed E-state index contributed by atoms with van der Waals surface area (Å²) >= 11 is 38.3. The van der Waals surface area contributed by atoms with E-state index in [0.717, 1.165) is 4.90 Å². The number of alkyl halides is 4. The van der Waals surface area contributed by atoms with Crippen LogP contribution in [0.3, 0.4) is 0 Å². The van der Waals surface area contributed by atoms with Gasteiger partial charge in [0.05, 0.1) is 21.9 Å². The van der Waals surface area contributed by atoms with Crippen molar-refractivity contribution in [1.82, 2.24) is 4.90 Å². The van der Waals surface area contributed by atoms with Crippen LogP contribution in [0, 0.1) is 11.8 Å². The molecular weight excluding hydrogens is 471 g/mol. The Labute approximate surface area is 179 Å². The van der Waals surface area contributed by atoms with Crippen LogP contribution in [0.15, 0.2) is 10.1 Å². The Bertz CT molecular complexity index is 694. The van der Waals surface area contributed by atoms with Gasteiger partial charge < -0.3 is 5.11 Å². The quantitative estimate of drug-likeness (QED) is 0.351. The third-order valence-electron chi connectivity index (χ3n) is 5.27. The fourth-order valence-corrected chi connectivity index (χ4v) is 6.93. The number of rotatable bonds is 6. The second-order valence-electron chi connectivity index (χ2n) is 6.61. The number of carbonyl (C=O) groups excluding carboxylic acids is 2. The molecule has 2 fully saturated rings. The van der Waals surface area contributed by atoms with Gasteiger partial charge in [-0.25, -0.2) is 0 Å². The first kappa shape index (κ1) is 20.8. The largest absolute Gasteiger partial charge is 0.481 e. The summed E-state index contributed by atoms with van der Waals surface area (Å²) in [6.45, 7) is 0.122. The normalized spacial score (nSPS) is 37.7. The SMILES string of the molecule is O=C(O)CCCCCN1C(=O)[C@@H]2[C@@H](C1=O)[C@@]1(Cl)C(Cl)=C(Cl)[C@@]2(Cl)C1(Cl)Cl. The second kappa shape index (κ2) is 6.57. The van der Waals surface area contributed by atoms with Gasteiger partial charge in [0.15, 0.2) is 4.33 Å². The van der Waals surface area contributed by atoms with E-state index in [0.29, 0.717) is 19.3 Å². The number of hydrogen-bond acceptors (Lipinski definition) is 3. The molecule has 0 aromatic rings. The van der Waals surface area contributed by atoms with Crippen LogP contribution >= 0.6 is 69.6 Å². The minimum Gasteiger partial charge on any atom is -0.481 e. The van der Waals surface area contributed by atoms with Crippen molar-refractivity contribution in [2.45, 2.75) is 39.8 Å². The molecule has 144 valence electrons. The Hall–Kier alpha value is 0.0900. The fraction of sp³-hybridized carbons (Fsp3) is 0.667. The summed E-state index contributed by atoms with van der Waals surface area (Å²) in [5.41, 5.74) is 0. The standard InChI is InChI=1S/C15H13Cl6NO4/c16-9-10(17)14(19)8-7(13(9,18)15(14,20)21)11(25)22(12(8)26)5-3-1-2-4-6(23)24/h7-8H,1-5H2,(H,23,24)/t7-,8-,13+,14+/m0/s1. The van der Waals surface area contributed by atoms with Crippen LogP contribution in [0.1, 0.15) is 25.7 Å².